The Morgan fingerprint density at radius 2 is 2.05 bits per heavy atom. The summed E-state index contributed by atoms with van der Waals surface area (Å²) in [6, 6.07) is 2.12. The zero-order chi connectivity index (χ0) is 14.6. The second kappa shape index (κ2) is 6.01. The lowest BCUT2D eigenvalue weighted by atomic mass is 10.2. The summed E-state index contributed by atoms with van der Waals surface area (Å²) in [5.74, 6) is -2.76. The van der Waals surface area contributed by atoms with Crippen molar-refractivity contribution in [2.45, 2.75) is 12.5 Å². The second-order valence-electron chi connectivity index (χ2n) is 3.55. The smallest absolute Gasteiger partial charge is 0.326 e. The molecule has 8 nitrogen and oxygen atoms in total. The third kappa shape index (κ3) is 4.11. The van der Waals surface area contributed by atoms with Gasteiger partial charge >= 0.3 is 11.9 Å². The molecular weight excluding hydrogens is 280 g/mol. The lowest BCUT2D eigenvalue weighted by Gasteiger charge is -2.13. The number of nitro groups is 1. The molecule has 0 aromatic heterocycles. The predicted molar refractivity (Wildman–Crippen MR) is 65.4 cm³/mol. The van der Waals surface area contributed by atoms with E-state index in [1.165, 1.54) is 12.1 Å². The van der Waals surface area contributed by atoms with Crippen LogP contribution in [0, 0.1) is 10.1 Å². The first-order valence-electron chi connectivity index (χ1n) is 4.96. The lowest BCUT2D eigenvalue weighted by molar-refractivity contribution is -0.384. The zero-order valence-corrected chi connectivity index (χ0v) is 10.1. The van der Waals surface area contributed by atoms with E-state index < -0.39 is 35.0 Å². The molecule has 0 amide bonds. The van der Waals surface area contributed by atoms with Crippen LogP contribution in [-0.4, -0.2) is 33.1 Å². The van der Waals surface area contributed by atoms with Crippen molar-refractivity contribution in [1.29, 1.82) is 0 Å². The maximum absolute atomic E-state index is 10.9. The Kier molecular flexibility index (Phi) is 4.65. The summed E-state index contributed by atoms with van der Waals surface area (Å²) in [4.78, 5) is 31.4. The SMILES string of the molecule is O=C(O)CC(Nc1ccc(Cl)cc1[N+](=O)[O-])C(=O)O. The van der Waals surface area contributed by atoms with Crippen LogP contribution < -0.4 is 5.32 Å². The Bertz CT molecular complexity index is 533. The summed E-state index contributed by atoms with van der Waals surface area (Å²) >= 11 is 5.60. The number of hydrogen-bond acceptors (Lipinski definition) is 5. The van der Waals surface area contributed by atoms with E-state index in [0.29, 0.717) is 0 Å². The molecule has 0 heterocycles. The fraction of sp³-hybridized carbons (Fsp3) is 0.200. The number of anilines is 1. The minimum absolute atomic E-state index is 0.108. The molecule has 1 atom stereocenters. The van der Waals surface area contributed by atoms with Crippen molar-refractivity contribution in [3.05, 3.63) is 33.3 Å². The Labute approximate surface area is 111 Å². The van der Waals surface area contributed by atoms with Gasteiger partial charge in [0.25, 0.3) is 5.69 Å². The van der Waals surface area contributed by atoms with E-state index in [1.54, 1.807) is 0 Å². The summed E-state index contributed by atoms with van der Waals surface area (Å²) < 4.78 is 0. The first-order valence-corrected chi connectivity index (χ1v) is 5.34. The molecule has 0 saturated heterocycles. The number of aliphatic carboxylic acids is 2. The van der Waals surface area contributed by atoms with Crippen LogP contribution in [0.5, 0.6) is 0 Å². The Balaban J connectivity index is 3.05. The molecule has 0 fully saturated rings. The van der Waals surface area contributed by atoms with Gasteiger partial charge in [0.2, 0.25) is 0 Å². The van der Waals surface area contributed by atoms with E-state index in [9.17, 15) is 19.7 Å². The van der Waals surface area contributed by atoms with Crippen molar-refractivity contribution in [1.82, 2.24) is 0 Å². The van der Waals surface area contributed by atoms with Crippen LogP contribution >= 0.6 is 11.6 Å². The summed E-state index contributed by atoms with van der Waals surface area (Å²) in [5.41, 5.74) is -0.535. The van der Waals surface area contributed by atoms with Gasteiger partial charge in [0.15, 0.2) is 0 Å². The molecule has 3 N–H and O–H groups in total. The Morgan fingerprint density at radius 3 is 2.53 bits per heavy atom. The second-order valence-corrected chi connectivity index (χ2v) is 3.99. The van der Waals surface area contributed by atoms with Crippen molar-refractivity contribution in [2.24, 2.45) is 0 Å². The topological polar surface area (TPSA) is 130 Å². The molecule has 1 aromatic carbocycles. The standard InChI is InChI=1S/C10H9ClN2O6/c11-5-1-2-6(8(3-5)13(18)19)12-7(10(16)17)4-9(14)15/h1-3,7,12H,4H2,(H,14,15)(H,16,17). The molecule has 0 aliphatic rings. The van der Waals surface area contributed by atoms with Gasteiger partial charge in [-0.3, -0.25) is 14.9 Å². The number of rotatable bonds is 6. The van der Waals surface area contributed by atoms with Crippen molar-refractivity contribution in [3.8, 4) is 0 Å². The normalized spacial score (nSPS) is 11.6. The number of nitro benzene ring substituents is 1. The first-order chi connectivity index (χ1) is 8.81. The van der Waals surface area contributed by atoms with Gasteiger partial charge in [0, 0.05) is 11.1 Å². The highest BCUT2D eigenvalue weighted by molar-refractivity contribution is 6.30. The van der Waals surface area contributed by atoms with Crippen molar-refractivity contribution >= 4 is 34.9 Å². The number of hydrogen-bond donors (Lipinski definition) is 3. The molecule has 0 bridgehead atoms. The van der Waals surface area contributed by atoms with E-state index in [-0.39, 0.29) is 10.7 Å². The van der Waals surface area contributed by atoms with Gasteiger partial charge in [0.1, 0.15) is 11.7 Å². The minimum Gasteiger partial charge on any atom is -0.481 e. The van der Waals surface area contributed by atoms with Gasteiger partial charge in [-0.05, 0) is 12.1 Å². The predicted octanol–water partition coefficient (Wildman–Crippen LogP) is 1.59. The van der Waals surface area contributed by atoms with Crippen LogP contribution in [-0.2, 0) is 9.59 Å². The molecule has 0 radical (unpaired) electrons. The Morgan fingerprint density at radius 1 is 1.42 bits per heavy atom. The Hall–Kier alpha value is -2.35. The summed E-state index contributed by atoms with van der Waals surface area (Å²) in [7, 11) is 0. The monoisotopic (exact) mass is 288 g/mol. The van der Waals surface area contributed by atoms with E-state index >= 15 is 0 Å². The number of carboxylic acid groups (broad SMARTS) is 2. The van der Waals surface area contributed by atoms with Crippen LogP contribution in [0.2, 0.25) is 5.02 Å². The van der Waals surface area contributed by atoms with Gasteiger partial charge in [0.05, 0.1) is 11.3 Å². The molecule has 9 heteroatoms. The van der Waals surface area contributed by atoms with E-state index in [0.717, 1.165) is 6.07 Å². The third-order valence-corrected chi connectivity index (χ3v) is 2.40. The van der Waals surface area contributed by atoms with E-state index in [1.807, 2.05) is 0 Å². The fourth-order valence-electron chi connectivity index (χ4n) is 1.34. The molecule has 0 aliphatic carbocycles. The maximum atomic E-state index is 10.9. The maximum Gasteiger partial charge on any atom is 0.326 e. The van der Waals surface area contributed by atoms with Gasteiger partial charge in [-0.15, -0.1) is 0 Å². The lowest BCUT2D eigenvalue weighted by Crippen LogP contribution is -2.32. The highest BCUT2D eigenvalue weighted by atomic mass is 35.5. The van der Waals surface area contributed by atoms with E-state index in [4.69, 9.17) is 21.8 Å². The van der Waals surface area contributed by atoms with Gasteiger partial charge in [-0.1, -0.05) is 11.6 Å². The van der Waals surface area contributed by atoms with E-state index in [2.05, 4.69) is 5.32 Å². The zero-order valence-electron chi connectivity index (χ0n) is 9.37. The summed E-state index contributed by atoms with van der Waals surface area (Å²) in [6.07, 6.45) is -0.713. The quantitative estimate of drug-likeness (QED) is 0.535. The summed E-state index contributed by atoms with van der Waals surface area (Å²) in [6.45, 7) is 0. The van der Waals surface area contributed by atoms with Crippen molar-refractivity contribution < 1.29 is 24.7 Å². The average Bonchev–Trinajstić information content (AvgIpc) is 2.29. The minimum atomic E-state index is -1.47. The van der Waals surface area contributed by atoms with Crippen LogP contribution in [0.4, 0.5) is 11.4 Å². The van der Waals surface area contributed by atoms with Crippen molar-refractivity contribution in [3.63, 3.8) is 0 Å². The first kappa shape index (κ1) is 14.7. The fourth-order valence-corrected chi connectivity index (χ4v) is 1.51. The number of halogens is 1. The largest absolute Gasteiger partial charge is 0.481 e. The third-order valence-electron chi connectivity index (χ3n) is 2.16. The molecule has 0 aliphatic heterocycles. The van der Waals surface area contributed by atoms with Crippen molar-refractivity contribution in [2.75, 3.05) is 5.32 Å². The average molecular weight is 289 g/mol. The number of benzene rings is 1. The molecular formula is C10H9ClN2O6. The molecule has 1 aromatic rings. The molecule has 0 saturated carbocycles. The van der Waals surface area contributed by atoms with Crippen LogP contribution in [0.1, 0.15) is 6.42 Å². The molecule has 0 spiro atoms. The van der Waals surface area contributed by atoms with Crippen LogP contribution in [0.15, 0.2) is 18.2 Å². The number of carboxylic acids is 2. The summed E-state index contributed by atoms with van der Waals surface area (Å²) in [5, 5.41) is 30.6. The molecule has 1 rings (SSSR count). The van der Waals surface area contributed by atoms with Gasteiger partial charge in [-0.2, -0.15) is 0 Å². The highest BCUT2D eigenvalue weighted by Gasteiger charge is 2.24. The number of nitrogens with one attached hydrogen (secondary N) is 1. The molecule has 1 unspecified atom stereocenters. The number of carbonyl (C=O) groups is 2. The van der Waals surface area contributed by atoms with Gasteiger partial charge < -0.3 is 15.5 Å². The highest BCUT2D eigenvalue weighted by Crippen LogP contribution is 2.28. The molecule has 19 heavy (non-hydrogen) atoms. The van der Waals surface area contributed by atoms with Crippen LogP contribution in [0.25, 0.3) is 0 Å². The number of nitrogens with zero attached hydrogens (tertiary/aromatic N) is 1. The van der Waals surface area contributed by atoms with Gasteiger partial charge in [-0.25, -0.2) is 4.79 Å². The molecule has 102 valence electrons. The van der Waals surface area contributed by atoms with Crippen LogP contribution in [0.3, 0.4) is 0 Å².